The third kappa shape index (κ3) is 3.66. The van der Waals surface area contributed by atoms with Crippen molar-refractivity contribution < 1.29 is 0 Å². The molecule has 0 heterocycles. The molecule has 0 aromatic heterocycles. The average Bonchev–Trinajstić information content (AvgIpc) is 1.85. The minimum Gasteiger partial charge on any atom is 0.00398 e. The summed E-state index contributed by atoms with van der Waals surface area (Å²) in [5.41, 5.74) is 0. The Morgan fingerprint density at radius 3 is 0.917 bits per heavy atom. The van der Waals surface area contributed by atoms with Crippen LogP contribution in [0.4, 0.5) is 0 Å². The first-order chi connectivity index (χ1) is 5.37. The molecule has 12 heteroatoms. The van der Waals surface area contributed by atoms with E-state index in [-0.39, 0.29) is 0 Å². The molecule has 0 aliphatic carbocycles. The summed E-state index contributed by atoms with van der Waals surface area (Å²) in [5, 5.41) is 0. The molecule has 0 nitrogen and oxygen atoms in total. The van der Waals surface area contributed by atoms with Gasteiger partial charge in [-0.2, -0.15) is 0 Å². The minimum absolute atomic E-state index is 0.819. The summed E-state index contributed by atoms with van der Waals surface area (Å²) in [6, 6.07) is 0. The average molecular weight is 144 g/mol. The van der Waals surface area contributed by atoms with Crippen molar-refractivity contribution in [2.24, 2.45) is 0 Å². The van der Waals surface area contributed by atoms with Gasteiger partial charge in [-0.05, 0) is 0 Å². The first kappa shape index (κ1) is 12.8. The van der Waals surface area contributed by atoms with Gasteiger partial charge in [0.2, 0.25) is 0 Å². The van der Waals surface area contributed by atoms with Crippen LogP contribution in [-0.2, 0) is 0 Å². The normalized spacial score (nSPS) is 8.67. The lowest BCUT2D eigenvalue weighted by Gasteiger charge is -2.27. The number of rotatable bonds is 4. The lowest BCUT2D eigenvalue weighted by molar-refractivity contribution is 3.47. The van der Waals surface area contributed by atoms with Crippen LogP contribution in [0.2, 0.25) is 0 Å². The van der Waals surface area contributed by atoms with E-state index in [0.717, 1.165) is 31.9 Å². The van der Waals surface area contributed by atoms with Gasteiger partial charge < -0.3 is 0 Å². The van der Waals surface area contributed by atoms with Crippen molar-refractivity contribution in [3.05, 3.63) is 0 Å². The van der Waals surface area contributed by atoms with Crippen molar-refractivity contribution in [2.45, 2.75) is 0 Å². The van der Waals surface area contributed by atoms with Gasteiger partial charge in [0.15, 0.2) is 0 Å². The second-order valence-electron chi connectivity index (χ2n) is 5.17. The van der Waals surface area contributed by atoms with E-state index in [1.54, 1.807) is 0 Å². The lowest BCUT2D eigenvalue weighted by atomic mass is 8.53. The van der Waals surface area contributed by atoms with E-state index in [0.29, 0.717) is 0 Å². The molecular formula is H14B12. The Morgan fingerprint density at radius 1 is 0.500 bits per heavy atom. The molecule has 0 bridgehead atoms. The van der Waals surface area contributed by atoms with Gasteiger partial charge in [0.05, 0.1) is 54.2 Å². The quantitative estimate of drug-likeness (QED) is 0.343. The molecule has 0 spiro atoms. The molecule has 12 heavy (non-hydrogen) atoms. The molecule has 0 N–H and O–H groups in total. The first-order valence-corrected chi connectivity index (χ1v) is 5.37. The maximum Gasteiger partial charge on any atom is 0.0552 e. The third-order valence-electron chi connectivity index (χ3n) is 3.20. The highest BCUT2D eigenvalue weighted by molar-refractivity contribution is 8.05. The molecule has 0 aliphatic heterocycles. The molecule has 0 aromatic rings. The monoisotopic (exact) mass is 146 g/mol. The van der Waals surface area contributed by atoms with Gasteiger partial charge in [-0.1, -0.05) is 0 Å². The summed E-state index contributed by atoms with van der Waals surface area (Å²) in [5.74, 6) is 0. The molecule has 50 valence electrons. The molecule has 0 radical (unpaired) electrons. The second-order valence-corrected chi connectivity index (χ2v) is 5.17. The van der Waals surface area contributed by atoms with Crippen LogP contribution < -0.4 is 0 Å². The fourth-order valence-electron chi connectivity index (χ4n) is 2.43. The van der Waals surface area contributed by atoms with Crippen LogP contribution >= 0.6 is 0 Å². The predicted octanol–water partition coefficient (Wildman–Crippen LogP) is -8.32. The summed E-state index contributed by atoms with van der Waals surface area (Å²) < 4.78 is 0. The van der Waals surface area contributed by atoms with E-state index in [9.17, 15) is 0 Å². The standard InChI is InChI=1S/B12H14/c1-8(2)11(7)12(9(3)4)10(5)6/h1-7H2. The van der Waals surface area contributed by atoms with Crippen molar-refractivity contribution in [1.82, 2.24) is 0 Å². The van der Waals surface area contributed by atoms with Gasteiger partial charge in [0.25, 0.3) is 0 Å². The van der Waals surface area contributed by atoms with Crippen LogP contribution in [0.25, 0.3) is 0 Å². The largest absolute Gasteiger partial charge is 0.0552 e. The van der Waals surface area contributed by atoms with E-state index >= 15 is 0 Å². The van der Waals surface area contributed by atoms with E-state index in [4.69, 9.17) is 0 Å². The third-order valence-corrected chi connectivity index (χ3v) is 3.20. The highest BCUT2D eigenvalue weighted by Gasteiger charge is 2.32. The molecule has 0 unspecified atom stereocenters. The summed E-state index contributed by atoms with van der Waals surface area (Å²) >= 11 is 0. The van der Waals surface area contributed by atoms with Crippen molar-refractivity contribution in [3.8, 4) is 0 Å². The summed E-state index contributed by atoms with van der Waals surface area (Å²) in [7, 11) is 16.5. The van der Waals surface area contributed by atoms with Crippen molar-refractivity contribution in [2.75, 3.05) is 0 Å². The van der Waals surface area contributed by atoms with E-state index in [2.05, 4.69) is 54.2 Å². The Kier molecular flexibility index (Phi) is 5.85. The Morgan fingerprint density at radius 2 is 0.833 bits per heavy atom. The van der Waals surface area contributed by atoms with E-state index in [1.165, 1.54) is 0 Å². The fourth-order valence-corrected chi connectivity index (χ4v) is 2.43. The molecule has 0 aliphatic rings. The molecular weight excluding hydrogens is 130 g/mol. The molecule has 0 atom stereocenters. The summed E-state index contributed by atoms with van der Waals surface area (Å²) in [6.45, 7) is 0. The zero-order chi connectivity index (χ0) is 9.89. The van der Waals surface area contributed by atoms with Gasteiger partial charge in [0, 0.05) is 31.9 Å². The molecule has 0 rings (SSSR count). The smallest absolute Gasteiger partial charge is 0.00398 e. The van der Waals surface area contributed by atoms with Gasteiger partial charge in [0.1, 0.15) is 0 Å². The Bertz CT molecular complexity index is 103. The van der Waals surface area contributed by atoms with Crippen LogP contribution in [0.15, 0.2) is 0 Å². The zero-order valence-corrected chi connectivity index (χ0v) is 9.89. The molecule has 0 saturated carbocycles. The predicted molar refractivity (Wildman–Crippen MR) is 88.6 cm³/mol. The zero-order valence-electron chi connectivity index (χ0n) is 9.89. The number of hydrogen-bond donors (Lipinski definition) is 0. The van der Waals surface area contributed by atoms with Crippen LogP contribution in [0.5, 0.6) is 0 Å². The molecule has 0 aromatic carbocycles. The molecule has 0 amide bonds. The van der Waals surface area contributed by atoms with Crippen LogP contribution in [0.1, 0.15) is 0 Å². The van der Waals surface area contributed by atoms with Gasteiger partial charge in [-0.25, -0.2) is 0 Å². The lowest BCUT2D eigenvalue weighted by Crippen LogP contribution is -2.67. The Labute approximate surface area is 86.4 Å². The Hall–Kier alpha value is 0.779. The van der Waals surface area contributed by atoms with Gasteiger partial charge in [-0.15, -0.1) is 0 Å². The van der Waals surface area contributed by atoms with Crippen molar-refractivity contribution in [1.29, 1.82) is 0 Å². The van der Waals surface area contributed by atoms with E-state index < -0.39 is 0 Å². The van der Waals surface area contributed by atoms with Gasteiger partial charge >= 0.3 is 0 Å². The highest BCUT2D eigenvalue weighted by atomic mass is 13.1. The van der Waals surface area contributed by atoms with Crippen LogP contribution in [0, 0.1) is 0 Å². The van der Waals surface area contributed by atoms with Crippen molar-refractivity contribution in [3.63, 3.8) is 0 Å². The molecule has 0 fully saturated rings. The maximum atomic E-state index is 2.40. The SMILES string of the molecule is BB(B)B(B)B(B(B)B)B(B)B. The second kappa shape index (κ2) is 5.50. The summed E-state index contributed by atoms with van der Waals surface area (Å²) in [4.78, 5) is 0. The van der Waals surface area contributed by atoms with Gasteiger partial charge in [-0.3, -0.25) is 0 Å². The Balaban J connectivity index is 4.30. The van der Waals surface area contributed by atoms with E-state index in [1.807, 2.05) is 0 Å². The molecule has 0 saturated heterocycles. The maximum absolute atomic E-state index is 2.40. The fraction of sp³-hybridized carbons (Fsp3) is 0. The van der Waals surface area contributed by atoms with Crippen LogP contribution in [-0.4, -0.2) is 86.1 Å². The van der Waals surface area contributed by atoms with Crippen molar-refractivity contribution >= 4 is 86.1 Å². The van der Waals surface area contributed by atoms with Crippen LogP contribution in [0.3, 0.4) is 0 Å². The first-order valence-electron chi connectivity index (χ1n) is 5.37. The number of hydrogen-bond acceptors (Lipinski definition) is 0. The highest BCUT2D eigenvalue weighted by Crippen LogP contribution is 1.91. The summed E-state index contributed by atoms with van der Waals surface area (Å²) in [6.07, 6.45) is 4.19. The topological polar surface area (TPSA) is 0 Å². The minimum atomic E-state index is 0.819.